The molecule has 0 spiro atoms. The molecule has 1 N–H and O–H groups in total. The Kier molecular flexibility index (Phi) is 4.58. The number of carbonyl (C=O) groups is 1. The van der Waals surface area contributed by atoms with Crippen molar-refractivity contribution < 1.29 is 4.79 Å². The molecule has 0 bridgehead atoms. The highest BCUT2D eigenvalue weighted by Gasteiger charge is 2.18. The number of piperidine rings is 1. The highest BCUT2D eigenvalue weighted by Crippen LogP contribution is 2.15. The van der Waals surface area contributed by atoms with E-state index < -0.39 is 0 Å². The Labute approximate surface area is 115 Å². The zero-order valence-corrected chi connectivity index (χ0v) is 12.1. The smallest absolute Gasteiger partial charge is 0.254 e. The molecule has 5 heteroatoms. The van der Waals surface area contributed by atoms with Gasteiger partial charge in [0.05, 0.1) is 11.8 Å². The standard InChI is InChI=1S/C14H24N4O/c1-11-6-4-5-8-18(11)9-7-15-14(19)13-10-16-17(3)12(13)2/h10-11H,4-9H2,1-3H3,(H,15,19)/t11-/m1/s1. The summed E-state index contributed by atoms with van der Waals surface area (Å²) < 4.78 is 1.72. The van der Waals surface area contributed by atoms with E-state index in [0.29, 0.717) is 18.2 Å². The van der Waals surface area contributed by atoms with Crippen LogP contribution in [0.25, 0.3) is 0 Å². The summed E-state index contributed by atoms with van der Waals surface area (Å²) in [4.78, 5) is 14.5. The molecule has 1 saturated heterocycles. The van der Waals surface area contributed by atoms with Gasteiger partial charge in [-0.15, -0.1) is 0 Å². The van der Waals surface area contributed by atoms with Crippen LogP contribution in [0.5, 0.6) is 0 Å². The highest BCUT2D eigenvalue weighted by atomic mass is 16.1. The number of nitrogens with one attached hydrogen (secondary N) is 1. The van der Waals surface area contributed by atoms with Crippen LogP contribution in [0.2, 0.25) is 0 Å². The molecule has 0 aliphatic carbocycles. The number of rotatable bonds is 4. The van der Waals surface area contributed by atoms with Crippen molar-refractivity contribution in [2.75, 3.05) is 19.6 Å². The molecule has 2 rings (SSSR count). The molecule has 0 aromatic carbocycles. The lowest BCUT2D eigenvalue weighted by Crippen LogP contribution is -2.42. The van der Waals surface area contributed by atoms with Gasteiger partial charge in [0, 0.05) is 31.9 Å². The largest absolute Gasteiger partial charge is 0.351 e. The summed E-state index contributed by atoms with van der Waals surface area (Å²) in [5, 5.41) is 7.08. The minimum atomic E-state index is -0.0183. The Balaban J connectivity index is 1.79. The third-order valence-electron chi connectivity index (χ3n) is 4.11. The van der Waals surface area contributed by atoms with Crippen LogP contribution in [0.4, 0.5) is 0 Å². The van der Waals surface area contributed by atoms with Crippen molar-refractivity contribution in [2.24, 2.45) is 7.05 Å². The summed E-state index contributed by atoms with van der Waals surface area (Å²) in [7, 11) is 1.85. The molecule has 1 fully saturated rings. The van der Waals surface area contributed by atoms with Crippen LogP contribution >= 0.6 is 0 Å². The van der Waals surface area contributed by atoms with Crippen LogP contribution < -0.4 is 5.32 Å². The van der Waals surface area contributed by atoms with E-state index >= 15 is 0 Å². The van der Waals surface area contributed by atoms with E-state index in [1.54, 1.807) is 10.9 Å². The van der Waals surface area contributed by atoms with E-state index in [4.69, 9.17) is 0 Å². The Hall–Kier alpha value is -1.36. The van der Waals surface area contributed by atoms with Gasteiger partial charge in [-0.1, -0.05) is 6.42 Å². The average molecular weight is 264 g/mol. The number of hydrogen-bond acceptors (Lipinski definition) is 3. The van der Waals surface area contributed by atoms with Gasteiger partial charge < -0.3 is 5.32 Å². The van der Waals surface area contributed by atoms with Gasteiger partial charge in [-0.2, -0.15) is 5.10 Å². The second-order valence-electron chi connectivity index (χ2n) is 5.40. The van der Waals surface area contributed by atoms with Gasteiger partial charge in [-0.3, -0.25) is 14.4 Å². The Bertz CT molecular complexity index is 441. The van der Waals surface area contributed by atoms with Crippen molar-refractivity contribution in [3.8, 4) is 0 Å². The summed E-state index contributed by atoms with van der Waals surface area (Å²) in [5.41, 5.74) is 1.58. The molecule has 1 aliphatic heterocycles. The first-order chi connectivity index (χ1) is 9.09. The van der Waals surface area contributed by atoms with E-state index in [-0.39, 0.29) is 5.91 Å². The fraction of sp³-hybridized carbons (Fsp3) is 0.714. The molecule has 19 heavy (non-hydrogen) atoms. The van der Waals surface area contributed by atoms with E-state index in [9.17, 15) is 4.79 Å². The maximum absolute atomic E-state index is 12.0. The predicted molar refractivity (Wildman–Crippen MR) is 75.2 cm³/mol. The van der Waals surface area contributed by atoms with Crippen molar-refractivity contribution >= 4 is 5.91 Å². The molecule has 5 nitrogen and oxygen atoms in total. The quantitative estimate of drug-likeness (QED) is 0.892. The number of nitrogens with zero attached hydrogens (tertiary/aromatic N) is 3. The normalized spacial score (nSPS) is 20.5. The molecule has 2 heterocycles. The van der Waals surface area contributed by atoms with Crippen LogP contribution in [0.15, 0.2) is 6.20 Å². The lowest BCUT2D eigenvalue weighted by Gasteiger charge is -2.33. The molecule has 0 radical (unpaired) electrons. The molecular weight excluding hydrogens is 240 g/mol. The molecule has 0 saturated carbocycles. The summed E-state index contributed by atoms with van der Waals surface area (Å²) in [6, 6.07) is 0.644. The Morgan fingerprint density at radius 3 is 2.95 bits per heavy atom. The van der Waals surface area contributed by atoms with Crippen molar-refractivity contribution in [2.45, 2.75) is 39.2 Å². The number of amides is 1. The summed E-state index contributed by atoms with van der Waals surface area (Å²) in [6.07, 6.45) is 5.52. The van der Waals surface area contributed by atoms with Crippen molar-refractivity contribution in [3.05, 3.63) is 17.5 Å². The monoisotopic (exact) mass is 264 g/mol. The third kappa shape index (κ3) is 3.35. The Morgan fingerprint density at radius 1 is 1.53 bits per heavy atom. The van der Waals surface area contributed by atoms with Crippen molar-refractivity contribution in [1.82, 2.24) is 20.0 Å². The molecule has 0 unspecified atom stereocenters. The second-order valence-corrected chi connectivity index (χ2v) is 5.40. The molecule has 1 aromatic heterocycles. The summed E-state index contributed by atoms with van der Waals surface area (Å²) >= 11 is 0. The number of aromatic nitrogens is 2. The molecule has 1 aliphatic rings. The van der Waals surface area contributed by atoms with Gasteiger partial charge in [0.1, 0.15) is 0 Å². The fourth-order valence-electron chi connectivity index (χ4n) is 2.62. The number of hydrogen-bond donors (Lipinski definition) is 1. The molecule has 1 aromatic rings. The van der Waals surface area contributed by atoms with Crippen LogP contribution in [-0.2, 0) is 7.05 Å². The maximum Gasteiger partial charge on any atom is 0.254 e. The van der Waals surface area contributed by atoms with Crippen LogP contribution in [0.3, 0.4) is 0 Å². The van der Waals surface area contributed by atoms with Gasteiger partial charge in [-0.05, 0) is 33.2 Å². The molecule has 1 atom stereocenters. The van der Waals surface area contributed by atoms with Crippen LogP contribution in [0, 0.1) is 6.92 Å². The van der Waals surface area contributed by atoms with Gasteiger partial charge in [0.15, 0.2) is 0 Å². The van der Waals surface area contributed by atoms with E-state index in [1.807, 2.05) is 14.0 Å². The highest BCUT2D eigenvalue weighted by molar-refractivity contribution is 5.94. The van der Waals surface area contributed by atoms with Crippen LogP contribution in [0.1, 0.15) is 42.2 Å². The van der Waals surface area contributed by atoms with Crippen molar-refractivity contribution in [3.63, 3.8) is 0 Å². The number of carbonyl (C=O) groups excluding carboxylic acids is 1. The first-order valence-electron chi connectivity index (χ1n) is 7.10. The summed E-state index contributed by atoms with van der Waals surface area (Å²) in [6.45, 7) is 6.98. The van der Waals surface area contributed by atoms with E-state index in [2.05, 4.69) is 22.2 Å². The molecule has 1 amide bonds. The Morgan fingerprint density at radius 2 is 2.32 bits per heavy atom. The van der Waals surface area contributed by atoms with Gasteiger partial charge in [0.25, 0.3) is 5.91 Å². The second kappa shape index (κ2) is 6.19. The van der Waals surface area contributed by atoms with Gasteiger partial charge in [0.2, 0.25) is 0 Å². The van der Waals surface area contributed by atoms with Gasteiger partial charge in [-0.25, -0.2) is 0 Å². The first kappa shape index (κ1) is 14.1. The topological polar surface area (TPSA) is 50.2 Å². The lowest BCUT2D eigenvalue weighted by atomic mass is 10.0. The molecular formula is C14H24N4O. The first-order valence-corrected chi connectivity index (χ1v) is 7.10. The van der Waals surface area contributed by atoms with Gasteiger partial charge >= 0.3 is 0 Å². The molecule has 106 valence electrons. The van der Waals surface area contributed by atoms with E-state index in [0.717, 1.165) is 18.8 Å². The SMILES string of the molecule is Cc1c(C(=O)NCCN2CCCC[C@H]2C)cnn1C. The fourth-order valence-corrected chi connectivity index (χ4v) is 2.62. The van der Waals surface area contributed by atoms with Crippen LogP contribution in [-0.4, -0.2) is 46.3 Å². The zero-order chi connectivity index (χ0) is 13.8. The minimum Gasteiger partial charge on any atom is -0.351 e. The minimum absolute atomic E-state index is 0.0183. The predicted octanol–water partition coefficient (Wildman–Crippen LogP) is 1.33. The lowest BCUT2D eigenvalue weighted by molar-refractivity contribution is 0.0937. The third-order valence-corrected chi connectivity index (χ3v) is 4.11. The maximum atomic E-state index is 12.0. The average Bonchev–Trinajstić information content (AvgIpc) is 2.72. The zero-order valence-electron chi connectivity index (χ0n) is 12.1. The number of aryl methyl sites for hydroxylation is 1. The summed E-state index contributed by atoms with van der Waals surface area (Å²) in [5.74, 6) is -0.0183. The number of likely N-dealkylation sites (tertiary alicyclic amines) is 1. The van der Waals surface area contributed by atoms with Crippen molar-refractivity contribution in [1.29, 1.82) is 0 Å². The van der Waals surface area contributed by atoms with E-state index in [1.165, 1.54) is 19.3 Å².